The number of esters is 1. The van der Waals surface area contributed by atoms with Crippen molar-refractivity contribution in [2.45, 2.75) is 32.8 Å². The molecular weight excluding hydrogens is 339 g/mol. The number of aromatic nitrogens is 2. The minimum Gasteiger partial charge on any atom is -0.460 e. The molecule has 1 N–H and O–H groups in total. The average Bonchev–Trinajstić information content (AvgIpc) is 2.76. The van der Waals surface area contributed by atoms with Crippen LogP contribution in [0.5, 0.6) is 0 Å². The highest BCUT2D eigenvalue weighted by Crippen LogP contribution is 2.29. The van der Waals surface area contributed by atoms with Gasteiger partial charge in [0.25, 0.3) is 0 Å². The maximum absolute atomic E-state index is 14.5. The summed E-state index contributed by atoms with van der Waals surface area (Å²) < 4.78 is 20.4. The van der Waals surface area contributed by atoms with E-state index in [1.54, 1.807) is 45.2 Å². The van der Waals surface area contributed by atoms with Crippen LogP contribution < -0.4 is 0 Å². The van der Waals surface area contributed by atoms with Gasteiger partial charge in [-0.15, -0.1) is 0 Å². The summed E-state index contributed by atoms with van der Waals surface area (Å²) in [7, 11) is 0. The van der Waals surface area contributed by atoms with Crippen molar-refractivity contribution in [3.8, 4) is 11.3 Å². The zero-order valence-electron chi connectivity index (χ0n) is 12.0. The Labute approximate surface area is 130 Å². The molecule has 0 spiro atoms. The van der Waals surface area contributed by atoms with E-state index in [0.717, 1.165) is 0 Å². The molecule has 21 heavy (non-hydrogen) atoms. The largest absolute Gasteiger partial charge is 0.460 e. The number of H-pyrrole nitrogens is 1. The summed E-state index contributed by atoms with van der Waals surface area (Å²) in [6.45, 7) is 5.33. The second-order valence-electron chi connectivity index (χ2n) is 5.63. The van der Waals surface area contributed by atoms with E-state index in [0.29, 0.717) is 21.3 Å². The van der Waals surface area contributed by atoms with E-state index < -0.39 is 17.4 Å². The number of rotatable bonds is 3. The van der Waals surface area contributed by atoms with Crippen LogP contribution in [0.15, 0.2) is 28.9 Å². The third kappa shape index (κ3) is 3.91. The fourth-order valence-corrected chi connectivity index (χ4v) is 2.31. The Morgan fingerprint density at radius 1 is 1.43 bits per heavy atom. The third-order valence-corrected chi connectivity index (χ3v) is 3.30. The smallest absolute Gasteiger partial charge is 0.310 e. The fourth-order valence-electron chi connectivity index (χ4n) is 1.90. The zero-order valence-corrected chi connectivity index (χ0v) is 13.6. The molecule has 0 radical (unpaired) electrons. The lowest BCUT2D eigenvalue weighted by Crippen LogP contribution is -2.25. The summed E-state index contributed by atoms with van der Waals surface area (Å²) in [5.74, 6) is -0.907. The van der Waals surface area contributed by atoms with Crippen molar-refractivity contribution in [1.29, 1.82) is 0 Å². The average molecular weight is 355 g/mol. The van der Waals surface area contributed by atoms with Gasteiger partial charge in [-0.2, -0.15) is 5.10 Å². The topological polar surface area (TPSA) is 55.0 Å². The molecule has 6 heteroatoms. The molecule has 0 saturated carbocycles. The molecule has 0 bridgehead atoms. The van der Waals surface area contributed by atoms with Crippen LogP contribution in [0.4, 0.5) is 4.39 Å². The van der Waals surface area contributed by atoms with Gasteiger partial charge in [-0.1, -0.05) is 12.1 Å². The van der Waals surface area contributed by atoms with Gasteiger partial charge < -0.3 is 4.74 Å². The van der Waals surface area contributed by atoms with Crippen molar-refractivity contribution < 1.29 is 13.9 Å². The lowest BCUT2D eigenvalue weighted by atomic mass is 10.0. The first-order chi connectivity index (χ1) is 9.78. The van der Waals surface area contributed by atoms with Gasteiger partial charge in [0.15, 0.2) is 0 Å². The lowest BCUT2D eigenvalue weighted by Gasteiger charge is -2.19. The van der Waals surface area contributed by atoms with Crippen LogP contribution in [0.2, 0.25) is 0 Å². The van der Waals surface area contributed by atoms with Gasteiger partial charge in [0.1, 0.15) is 11.4 Å². The Balaban J connectivity index is 2.27. The third-order valence-electron chi connectivity index (χ3n) is 2.70. The van der Waals surface area contributed by atoms with Crippen molar-refractivity contribution in [3.05, 3.63) is 40.2 Å². The number of carbonyl (C=O) groups excluding carboxylic acids is 1. The van der Waals surface area contributed by atoms with E-state index in [1.807, 2.05) is 0 Å². The molecule has 0 fully saturated rings. The second kappa shape index (κ2) is 5.97. The van der Waals surface area contributed by atoms with Crippen molar-refractivity contribution in [3.63, 3.8) is 0 Å². The molecule has 0 aliphatic carbocycles. The van der Waals surface area contributed by atoms with E-state index >= 15 is 0 Å². The predicted molar refractivity (Wildman–Crippen MR) is 81.2 cm³/mol. The highest BCUT2D eigenvalue weighted by Gasteiger charge is 2.20. The fraction of sp³-hybridized carbons (Fsp3) is 0.333. The Bertz CT molecular complexity index is 662. The first-order valence-electron chi connectivity index (χ1n) is 6.46. The van der Waals surface area contributed by atoms with E-state index in [-0.39, 0.29) is 6.42 Å². The van der Waals surface area contributed by atoms with E-state index in [2.05, 4.69) is 26.1 Å². The number of hydrogen-bond donors (Lipinski definition) is 1. The SMILES string of the molecule is CC(C)(C)OC(=O)Cc1cccc(-c2[nH]ncc2Br)c1F. The molecule has 0 atom stereocenters. The molecule has 0 unspecified atom stereocenters. The normalized spacial score (nSPS) is 11.5. The molecule has 1 aromatic carbocycles. The minimum atomic E-state index is -0.586. The van der Waals surface area contributed by atoms with E-state index in [1.165, 1.54) is 0 Å². The van der Waals surface area contributed by atoms with Gasteiger partial charge in [0, 0.05) is 5.56 Å². The van der Waals surface area contributed by atoms with Crippen molar-refractivity contribution in [2.24, 2.45) is 0 Å². The van der Waals surface area contributed by atoms with Crippen LogP contribution in [0.3, 0.4) is 0 Å². The molecule has 1 aromatic heterocycles. The van der Waals surface area contributed by atoms with Gasteiger partial charge in [0.2, 0.25) is 0 Å². The summed E-state index contributed by atoms with van der Waals surface area (Å²) in [4.78, 5) is 11.8. The molecule has 4 nitrogen and oxygen atoms in total. The second-order valence-corrected chi connectivity index (χ2v) is 6.49. The Kier molecular flexibility index (Phi) is 4.46. The highest BCUT2D eigenvalue weighted by atomic mass is 79.9. The van der Waals surface area contributed by atoms with Crippen LogP contribution in [0, 0.1) is 5.82 Å². The number of aromatic amines is 1. The first kappa shape index (κ1) is 15.7. The summed E-state index contributed by atoms with van der Waals surface area (Å²) in [6.07, 6.45) is 1.44. The van der Waals surface area contributed by atoms with Crippen LogP contribution in [0.25, 0.3) is 11.3 Å². The van der Waals surface area contributed by atoms with E-state index in [4.69, 9.17) is 4.74 Å². The molecule has 0 aliphatic heterocycles. The van der Waals surface area contributed by atoms with Crippen LogP contribution in [-0.4, -0.2) is 21.8 Å². The Morgan fingerprint density at radius 2 is 2.14 bits per heavy atom. The summed E-state index contributed by atoms with van der Waals surface area (Å²) in [6, 6.07) is 4.91. The quantitative estimate of drug-likeness (QED) is 0.851. The summed E-state index contributed by atoms with van der Waals surface area (Å²) >= 11 is 3.30. The van der Waals surface area contributed by atoms with Crippen LogP contribution >= 0.6 is 15.9 Å². The molecule has 2 rings (SSSR count). The van der Waals surface area contributed by atoms with Gasteiger partial charge in [-0.25, -0.2) is 4.39 Å². The van der Waals surface area contributed by atoms with Gasteiger partial charge in [-0.05, 0) is 48.3 Å². The van der Waals surface area contributed by atoms with Gasteiger partial charge >= 0.3 is 5.97 Å². The molecule has 1 heterocycles. The molecule has 0 aliphatic rings. The number of nitrogens with one attached hydrogen (secondary N) is 1. The van der Waals surface area contributed by atoms with E-state index in [9.17, 15) is 9.18 Å². The summed E-state index contributed by atoms with van der Waals surface area (Å²) in [5.41, 5.74) is 0.611. The number of carbonyl (C=O) groups is 1. The van der Waals surface area contributed by atoms with Crippen LogP contribution in [-0.2, 0) is 16.0 Å². The zero-order chi connectivity index (χ0) is 15.6. The maximum Gasteiger partial charge on any atom is 0.310 e. The molecule has 2 aromatic rings. The standard InChI is InChI=1S/C15H16BrFN2O2/c1-15(2,3)21-12(20)7-9-5-4-6-10(13(9)17)14-11(16)8-18-19-14/h4-6,8H,7H2,1-3H3,(H,18,19). The highest BCUT2D eigenvalue weighted by molar-refractivity contribution is 9.10. The van der Waals surface area contributed by atoms with Crippen molar-refractivity contribution in [1.82, 2.24) is 10.2 Å². The molecule has 0 saturated heterocycles. The number of ether oxygens (including phenoxy) is 1. The number of benzene rings is 1. The molecular formula is C15H16BrFN2O2. The summed E-state index contributed by atoms with van der Waals surface area (Å²) in [5, 5.41) is 6.58. The maximum atomic E-state index is 14.5. The predicted octanol–water partition coefficient (Wildman–Crippen LogP) is 3.86. The molecule has 112 valence electrons. The van der Waals surface area contributed by atoms with Gasteiger partial charge in [0.05, 0.1) is 22.8 Å². The number of halogens is 2. The first-order valence-corrected chi connectivity index (χ1v) is 7.25. The monoisotopic (exact) mass is 354 g/mol. The number of hydrogen-bond acceptors (Lipinski definition) is 3. The molecule has 0 amide bonds. The van der Waals surface area contributed by atoms with Gasteiger partial charge in [-0.3, -0.25) is 9.89 Å². The number of nitrogens with zero attached hydrogens (tertiary/aromatic N) is 1. The van der Waals surface area contributed by atoms with Crippen molar-refractivity contribution >= 4 is 21.9 Å². The van der Waals surface area contributed by atoms with Crippen molar-refractivity contribution in [2.75, 3.05) is 0 Å². The lowest BCUT2D eigenvalue weighted by molar-refractivity contribution is -0.153. The minimum absolute atomic E-state index is 0.108. The Hall–Kier alpha value is -1.69. The Morgan fingerprint density at radius 3 is 2.71 bits per heavy atom. The van der Waals surface area contributed by atoms with Crippen LogP contribution in [0.1, 0.15) is 26.3 Å².